The van der Waals surface area contributed by atoms with Crippen molar-refractivity contribution in [2.75, 3.05) is 13.1 Å². The first-order valence-corrected chi connectivity index (χ1v) is 6.52. The van der Waals surface area contributed by atoms with Gasteiger partial charge in [-0.25, -0.2) is 0 Å². The normalized spacial score (nSPS) is 28.8. The van der Waals surface area contributed by atoms with E-state index in [0.717, 1.165) is 19.5 Å². The SMILES string of the molecule is CC1CN(C(C)C(=O)NC(C)(C)C)CCC1N. The summed E-state index contributed by atoms with van der Waals surface area (Å²) in [6.07, 6.45) is 0.980. The van der Waals surface area contributed by atoms with E-state index in [2.05, 4.69) is 17.1 Å². The molecule has 0 bridgehead atoms. The molecule has 1 rings (SSSR count). The average molecular weight is 241 g/mol. The predicted octanol–water partition coefficient (Wildman–Crippen LogP) is 0.959. The molecule has 3 unspecified atom stereocenters. The molecule has 1 saturated heterocycles. The van der Waals surface area contributed by atoms with E-state index in [0.29, 0.717) is 5.92 Å². The molecule has 0 saturated carbocycles. The molecule has 4 nitrogen and oxygen atoms in total. The molecule has 4 heteroatoms. The highest BCUT2D eigenvalue weighted by atomic mass is 16.2. The Morgan fingerprint density at radius 2 is 2.06 bits per heavy atom. The Balaban J connectivity index is 2.53. The minimum absolute atomic E-state index is 0.0656. The molecule has 1 heterocycles. The summed E-state index contributed by atoms with van der Waals surface area (Å²) in [5.74, 6) is 0.578. The van der Waals surface area contributed by atoms with Crippen LogP contribution in [0.25, 0.3) is 0 Å². The highest BCUT2D eigenvalue weighted by molar-refractivity contribution is 5.81. The molecule has 1 fully saturated rings. The molecule has 0 aromatic heterocycles. The molecule has 3 N–H and O–H groups in total. The summed E-state index contributed by atoms with van der Waals surface area (Å²) in [4.78, 5) is 14.3. The third-order valence-electron chi connectivity index (χ3n) is 3.43. The van der Waals surface area contributed by atoms with Crippen molar-refractivity contribution in [2.45, 2.75) is 58.7 Å². The quantitative estimate of drug-likeness (QED) is 0.757. The van der Waals surface area contributed by atoms with Crippen LogP contribution in [0, 0.1) is 5.92 Å². The zero-order chi connectivity index (χ0) is 13.2. The first-order chi connectivity index (χ1) is 7.70. The van der Waals surface area contributed by atoms with Crippen LogP contribution >= 0.6 is 0 Å². The number of amides is 1. The zero-order valence-corrected chi connectivity index (χ0v) is 11.8. The lowest BCUT2D eigenvalue weighted by Crippen LogP contribution is -2.55. The van der Waals surface area contributed by atoms with Crippen LogP contribution in [0.5, 0.6) is 0 Å². The lowest BCUT2D eigenvalue weighted by Gasteiger charge is -2.38. The third-order valence-corrected chi connectivity index (χ3v) is 3.43. The first kappa shape index (κ1) is 14.5. The lowest BCUT2D eigenvalue weighted by atomic mass is 9.93. The Hall–Kier alpha value is -0.610. The largest absolute Gasteiger partial charge is 0.350 e. The molecular formula is C13H27N3O. The molecular weight excluding hydrogens is 214 g/mol. The minimum Gasteiger partial charge on any atom is -0.350 e. The van der Waals surface area contributed by atoms with Gasteiger partial charge in [0.2, 0.25) is 5.91 Å². The topological polar surface area (TPSA) is 58.4 Å². The molecule has 0 aromatic rings. The van der Waals surface area contributed by atoms with Gasteiger partial charge in [0.15, 0.2) is 0 Å². The summed E-state index contributed by atoms with van der Waals surface area (Å²) >= 11 is 0. The lowest BCUT2D eigenvalue weighted by molar-refractivity contribution is -0.128. The van der Waals surface area contributed by atoms with E-state index < -0.39 is 0 Å². The van der Waals surface area contributed by atoms with Crippen molar-refractivity contribution in [3.63, 3.8) is 0 Å². The van der Waals surface area contributed by atoms with E-state index in [9.17, 15) is 4.79 Å². The number of carbonyl (C=O) groups is 1. The standard InChI is InChI=1S/C13H27N3O/c1-9-8-16(7-6-11(9)14)10(2)12(17)15-13(3,4)5/h9-11H,6-8,14H2,1-5H3,(H,15,17). The Bertz CT molecular complexity index is 272. The Kier molecular flexibility index (Phi) is 4.55. The number of nitrogens with zero attached hydrogens (tertiary/aromatic N) is 1. The number of likely N-dealkylation sites (tertiary alicyclic amines) is 1. The summed E-state index contributed by atoms with van der Waals surface area (Å²) in [5, 5.41) is 3.03. The van der Waals surface area contributed by atoms with Gasteiger partial charge in [0.05, 0.1) is 6.04 Å². The highest BCUT2D eigenvalue weighted by Crippen LogP contribution is 2.17. The summed E-state index contributed by atoms with van der Waals surface area (Å²) in [5.41, 5.74) is 5.83. The number of rotatable bonds is 2. The molecule has 0 spiro atoms. The number of hydrogen-bond donors (Lipinski definition) is 2. The monoisotopic (exact) mass is 241 g/mol. The molecule has 0 aromatic carbocycles. The van der Waals surface area contributed by atoms with E-state index in [4.69, 9.17) is 5.73 Å². The van der Waals surface area contributed by atoms with E-state index >= 15 is 0 Å². The van der Waals surface area contributed by atoms with Crippen LogP contribution < -0.4 is 11.1 Å². The van der Waals surface area contributed by atoms with E-state index in [1.807, 2.05) is 27.7 Å². The number of nitrogens with one attached hydrogen (secondary N) is 1. The molecule has 0 radical (unpaired) electrons. The van der Waals surface area contributed by atoms with Crippen LogP contribution in [-0.2, 0) is 4.79 Å². The number of nitrogens with two attached hydrogens (primary N) is 1. The van der Waals surface area contributed by atoms with Crippen molar-refractivity contribution in [3.8, 4) is 0 Å². The Labute approximate surface area is 105 Å². The first-order valence-electron chi connectivity index (χ1n) is 6.52. The van der Waals surface area contributed by atoms with Crippen LogP contribution in [0.1, 0.15) is 41.0 Å². The second-order valence-corrected chi connectivity index (χ2v) is 6.34. The van der Waals surface area contributed by atoms with Gasteiger partial charge in [-0.05, 0) is 40.0 Å². The second kappa shape index (κ2) is 5.36. The molecule has 1 aliphatic rings. The van der Waals surface area contributed by atoms with E-state index in [1.165, 1.54) is 0 Å². The van der Waals surface area contributed by atoms with Crippen molar-refractivity contribution in [3.05, 3.63) is 0 Å². The molecule has 100 valence electrons. The Morgan fingerprint density at radius 3 is 2.53 bits per heavy atom. The van der Waals surface area contributed by atoms with Crippen LogP contribution in [0.2, 0.25) is 0 Å². The summed E-state index contributed by atoms with van der Waals surface area (Å²) in [7, 11) is 0. The van der Waals surface area contributed by atoms with Gasteiger partial charge in [-0.2, -0.15) is 0 Å². The van der Waals surface area contributed by atoms with Gasteiger partial charge < -0.3 is 11.1 Å². The zero-order valence-electron chi connectivity index (χ0n) is 11.8. The van der Waals surface area contributed by atoms with Crippen LogP contribution in [0.15, 0.2) is 0 Å². The summed E-state index contributed by atoms with van der Waals surface area (Å²) in [6, 6.07) is 0.216. The smallest absolute Gasteiger partial charge is 0.237 e. The van der Waals surface area contributed by atoms with Crippen molar-refractivity contribution >= 4 is 5.91 Å². The summed E-state index contributed by atoms with van der Waals surface area (Å²) < 4.78 is 0. The van der Waals surface area contributed by atoms with Gasteiger partial charge in [-0.3, -0.25) is 9.69 Å². The van der Waals surface area contributed by atoms with Crippen molar-refractivity contribution < 1.29 is 4.79 Å². The van der Waals surface area contributed by atoms with E-state index in [-0.39, 0.29) is 23.5 Å². The fraction of sp³-hybridized carbons (Fsp3) is 0.923. The maximum absolute atomic E-state index is 12.1. The minimum atomic E-state index is -0.164. The number of carbonyl (C=O) groups excluding carboxylic acids is 1. The van der Waals surface area contributed by atoms with Crippen LogP contribution in [0.4, 0.5) is 0 Å². The van der Waals surface area contributed by atoms with Gasteiger partial charge in [0.25, 0.3) is 0 Å². The maximum atomic E-state index is 12.1. The Morgan fingerprint density at radius 1 is 1.47 bits per heavy atom. The second-order valence-electron chi connectivity index (χ2n) is 6.34. The molecule has 1 aliphatic heterocycles. The van der Waals surface area contributed by atoms with Crippen LogP contribution in [0.3, 0.4) is 0 Å². The van der Waals surface area contributed by atoms with Crippen molar-refractivity contribution in [2.24, 2.45) is 11.7 Å². The molecule has 0 aliphatic carbocycles. The number of piperidine rings is 1. The van der Waals surface area contributed by atoms with Gasteiger partial charge >= 0.3 is 0 Å². The molecule has 1 amide bonds. The van der Waals surface area contributed by atoms with Gasteiger partial charge in [-0.1, -0.05) is 6.92 Å². The predicted molar refractivity (Wildman–Crippen MR) is 70.7 cm³/mol. The highest BCUT2D eigenvalue weighted by Gasteiger charge is 2.30. The van der Waals surface area contributed by atoms with Gasteiger partial charge in [0, 0.05) is 24.7 Å². The molecule has 3 atom stereocenters. The van der Waals surface area contributed by atoms with Gasteiger partial charge in [-0.15, -0.1) is 0 Å². The van der Waals surface area contributed by atoms with Crippen molar-refractivity contribution in [1.82, 2.24) is 10.2 Å². The number of hydrogen-bond acceptors (Lipinski definition) is 3. The average Bonchev–Trinajstić information content (AvgIpc) is 2.18. The maximum Gasteiger partial charge on any atom is 0.237 e. The third kappa shape index (κ3) is 4.28. The van der Waals surface area contributed by atoms with Gasteiger partial charge in [0.1, 0.15) is 0 Å². The molecule has 17 heavy (non-hydrogen) atoms. The van der Waals surface area contributed by atoms with Crippen molar-refractivity contribution in [1.29, 1.82) is 0 Å². The fourth-order valence-corrected chi connectivity index (χ4v) is 2.19. The summed E-state index contributed by atoms with van der Waals surface area (Å²) in [6.45, 7) is 12.0. The van der Waals surface area contributed by atoms with Crippen LogP contribution in [-0.4, -0.2) is 41.5 Å². The fourth-order valence-electron chi connectivity index (χ4n) is 2.19. The van der Waals surface area contributed by atoms with E-state index in [1.54, 1.807) is 0 Å².